The van der Waals surface area contributed by atoms with Gasteiger partial charge in [0, 0.05) is 11.3 Å². The lowest BCUT2D eigenvalue weighted by Gasteiger charge is -2.42. The van der Waals surface area contributed by atoms with Crippen LogP contribution in [0.15, 0.2) is 42.6 Å². The van der Waals surface area contributed by atoms with Gasteiger partial charge in [-0.2, -0.15) is 5.26 Å². The number of hydrogen-bond donors (Lipinski definition) is 3. The average Bonchev–Trinajstić information content (AvgIpc) is 3.41. The molecule has 1 aliphatic carbocycles. The number of allylic oxidation sites excluding steroid dienone is 2. The third kappa shape index (κ3) is 4.56. The molecule has 3 aliphatic rings. The Morgan fingerprint density at radius 1 is 1.31 bits per heavy atom. The Morgan fingerprint density at radius 3 is 2.83 bits per heavy atom. The summed E-state index contributed by atoms with van der Waals surface area (Å²) in [6, 6.07) is 8.20. The summed E-state index contributed by atoms with van der Waals surface area (Å²) < 4.78 is 6.22. The van der Waals surface area contributed by atoms with Crippen molar-refractivity contribution in [3.63, 3.8) is 0 Å². The van der Waals surface area contributed by atoms with Crippen molar-refractivity contribution in [3.05, 3.63) is 65.3 Å². The molecule has 5 rings (SSSR count). The predicted octanol–water partition coefficient (Wildman–Crippen LogP) is 5.08. The molecule has 2 aliphatic heterocycles. The molecule has 3 N–H and O–H groups in total. The number of carbonyl (C=O) groups excluding carboxylic acids is 1. The number of amides is 1. The Labute approximate surface area is 205 Å². The van der Waals surface area contributed by atoms with Gasteiger partial charge in [0.15, 0.2) is 5.82 Å². The van der Waals surface area contributed by atoms with Crippen molar-refractivity contribution in [1.82, 2.24) is 9.97 Å². The van der Waals surface area contributed by atoms with Gasteiger partial charge in [-0.15, -0.1) is 0 Å². The summed E-state index contributed by atoms with van der Waals surface area (Å²) in [6.45, 7) is 6.60. The van der Waals surface area contributed by atoms with Gasteiger partial charge in [0.05, 0.1) is 18.4 Å². The first kappa shape index (κ1) is 23.5. The van der Waals surface area contributed by atoms with Crippen molar-refractivity contribution in [3.8, 4) is 6.07 Å². The maximum Gasteiger partial charge on any atom is 0.291 e. The molecule has 3 heterocycles. The topological polar surface area (TPSA) is 111 Å². The Morgan fingerprint density at radius 2 is 2.14 bits per heavy atom. The minimum absolute atomic E-state index is 0.0370. The molecule has 1 amide bonds. The highest BCUT2D eigenvalue weighted by molar-refractivity contribution is 6.03. The highest BCUT2D eigenvalue weighted by Crippen LogP contribution is 2.50. The van der Waals surface area contributed by atoms with E-state index >= 15 is 0 Å². The second kappa shape index (κ2) is 8.47. The first-order valence-electron chi connectivity index (χ1n) is 12.2. The van der Waals surface area contributed by atoms with Crippen LogP contribution < -0.4 is 5.32 Å². The number of nitriles is 1. The smallest absolute Gasteiger partial charge is 0.291 e. The molecule has 0 saturated carbocycles. The highest BCUT2D eigenvalue weighted by Gasteiger charge is 2.49. The predicted molar refractivity (Wildman–Crippen MR) is 134 cm³/mol. The minimum atomic E-state index is -0.628. The first-order chi connectivity index (χ1) is 16.6. The number of hydrogen-bond acceptors (Lipinski definition) is 5. The number of aromatic amines is 1. The number of benzene rings is 1. The second-order valence-electron chi connectivity index (χ2n) is 11.2. The Kier molecular flexibility index (Phi) is 5.70. The molecule has 0 spiro atoms. The number of aliphatic hydroxyl groups is 1. The molecular weight excluding hydrogens is 440 g/mol. The van der Waals surface area contributed by atoms with Crippen LogP contribution in [-0.4, -0.2) is 38.8 Å². The largest absolute Gasteiger partial charge is 0.393 e. The number of carbonyl (C=O) groups is 1. The van der Waals surface area contributed by atoms with E-state index in [-0.39, 0.29) is 41.0 Å². The van der Waals surface area contributed by atoms with Gasteiger partial charge in [0.25, 0.3) is 5.91 Å². The van der Waals surface area contributed by atoms with E-state index in [4.69, 9.17) is 10.00 Å². The third-order valence-electron chi connectivity index (χ3n) is 7.68. The van der Waals surface area contributed by atoms with Crippen molar-refractivity contribution >= 4 is 17.2 Å². The summed E-state index contributed by atoms with van der Waals surface area (Å²) in [4.78, 5) is 19.7. The number of rotatable bonds is 5. The molecule has 182 valence electrons. The number of fused-ring (bicyclic) bond motifs is 2. The van der Waals surface area contributed by atoms with Crippen LogP contribution in [0.4, 0.5) is 5.69 Å². The summed E-state index contributed by atoms with van der Waals surface area (Å²) in [6.07, 6.45) is 12.3. The van der Waals surface area contributed by atoms with Crippen LogP contribution in [0.1, 0.15) is 86.2 Å². The summed E-state index contributed by atoms with van der Waals surface area (Å²) in [7, 11) is 0. The zero-order valence-corrected chi connectivity index (χ0v) is 20.5. The average molecular weight is 473 g/mol. The molecule has 0 radical (unpaired) electrons. The second-order valence-corrected chi connectivity index (χ2v) is 11.2. The zero-order chi connectivity index (χ0) is 24.8. The van der Waals surface area contributed by atoms with E-state index in [1.165, 1.54) is 17.3 Å². The van der Waals surface area contributed by atoms with E-state index in [0.717, 1.165) is 43.4 Å². The standard InChI is InChI=1S/C28H32N4O3/c1-26(2)8-6-18(7-9-26)22-12-19(20-13-27(3)10-11-28(14-20,17-33)35-27)4-5-23(22)32-25(34)24-30-16-21(15-29)31-24/h4-6,10-12,16,20,33H,7-9,13-14,17H2,1-3H3,(H,30,31)(H,32,34)/t20-,27-,28+/m1/s1. The van der Waals surface area contributed by atoms with Gasteiger partial charge in [-0.05, 0) is 73.6 Å². The Bertz CT molecular complexity index is 1270. The quantitative estimate of drug-likeness (QED) is 0.526. The van der Waals surface area contributed by atoms with Crippen LogP contribution >= 0.6 is 0 Å². The van der Waals surface area contributed by atoms with Gasteiger partial charge in [0.1, 0.15) is 17.4 Å². The molecule has 1 fully saturated rings. The fourth-order valence-electron chi connectivity index (χ4n) is 5.63. The molecule has 7 heteroatoms. The first-order valence-corrected chi connectivity index (χ1v) is 12.2. The van der Waals surface area contributed by atoms with Crippen LogP contribution in [0.25, 0.3) is 5.57 Å². The summed E-state index contributed by atoms with van der Waals surface area (Å²) in [5.41, 5.74) is 3.67. The number of nitrogens with one attached hydrogen (secondary N) is 2. The van der Waals surface area contributed by atoms with E-state index in [0.29, 0.717) is 0 Å². The molecule has 2 bridgehead atoms. The number of H-pyrrole nitrogens is 1. The van der Waals surface area contributed by atoms with Crippen LogP contribution in [-0.2, 0) is 4.74 Å². The lowest BCUT2D eigenvalue weighted by Crippen LogP contribution is -2.45. The van der Waals surface area contributed by atoms with E-state index in [2.05, 4.69) is 60.3 Å². The molecular formula is C28H32N4O3. The Balaban J connectivity index is 1.49. The monoisotopic (exact) mass is 472 g/mol. The molecule has 0 unspecified atom stereocenters. The summed E-state index contributed by atoms with van der Waals surface area (Å²) in [5, 5.41) is 22.1. The Hall–Kier alpha value is -3.21. The molecule has 35 heavy (non-hydrogen) atoms. The van der Waals surface area contributed by atoms with Gasteiger partial charge in [-0.25, -0.2) is 4.98 Å². The number of anilines is 1. The van der Waals surface area contributed by atoms with Crippen LogP contribution in [0.2, 0.25) is 0 Å². The van der Waals surface area contributed by atoms with Crippen molar-refractivity contribution in [2.45, 2.75) is 70.0 Å². The molecule has 1 aromatic carbocycles. The number of ether oxygens (including phenoxy) is 1. The lowest BCUT2D eigenvalue weighted by atomic mass is 9.75. The maximum atomic E-state index is 12.9. The van der Waals surface area contributed by atoms with E-state index in [9.17, 15) is 9.90 Å². The van der Waals surface area contributed by atoms with Crippen molar-refractivity contribution in [1.29, 1.82) is 5.26 Å². The zero-order valence-electron chi connectivity index (χ0n) is 20.5. The van der Waals surface area contributed by atoms with Crippen molar-refractivity contribution < 1.29 is 14.6 Å². The van der Waals surface area contributed by atoms with Crippen LogP contribution in [0.3, 0.4) is 0 Å². The van der Waals surface area contributed by atoms with E-state index < -0.39 is 5.60 Å². The van der Waals surface area contributed by atoms with Crippen LogP contribution in [0, 0.1) is 16.7 Å². The fourth-order valence-corrected chi connectivity index (χ4v) is 5.63. The molecule has 1 saturated heterocycles. The van der Waals surface area contributed by atoms with Crippen molar-refractivity contribution in [2.75, 3.05) is 11.9 Å². The van der Waals surface area contributed by atoms with Gasteiger partial charge >= 0.3 is 0 Å². The van der Waals surface area contributed by atoms with Gasteiger partial charge in [0.2, 0.25) is 0 Å². The summed E-state index contributed by atoms with van der Waals surface area (Å²) in [5.74, 6) is -0.0409. The number of aliphatic hydroxyl groups excluding tert-OH is 1. The third-order valence-corrected chi connectivity index (χ3v) is 7.68. The highest BCUT2D eigenvalue weighted by atomic mass is 16.5. The summed E-state index contributed by atoms with van der Waals surface area (Å²) >= 11 is 0. The van der Waals surface area contributed by atoms with Gasteiger partial charge < -0.3 is 20.1 Å². The normalized spacial score (nSPS) is 28.9. The molecule has 2 aromatic rings. The van der Waals surface area contributed by atoms with E-state index in [1.807, 2.05) is 18.2 Å². The number of aromatic nitrogens is 2. The van der Waals surface area contributed by atoms with Gasteiger partial charge in [-0.1, -0.05) is 38.1 Å². The lowest BCUT2D eigenvalue weighted by molar-refractivity contribution is -0.140. The fraction of sp³-hybridized carbons (Fsp3) is 0.464. The van der Waals surface area contributed by atoms with E-state index in [1.54, 1.807) is 0 Å². The van der Waals surface area contributed by atoms with Crippen molar-refractivity contribution in [2.24, 2.45) is 5.41 Å². The molecule has 7 nitrogen and oxygen atoms in total. The number of imidazole rings is 1. The molecule has 3 atom stereocenters. The minimum Gasteiger partial charge on any atom is -0.393 e. The maximum absolute atomic E-state index is 12.9. The SMILES string of the molecule is CC1(C)CC=C(c2cc([C@H]3C[C@]4(CO)C=C[C@](C)(C3)O4)ccc2NC(=O)c2ncc(C#N)[nH]2)CC1. The van der Waals surface area contributed by atoms with Crippen LogP contribution in [0.5, 0.6) is 0 Å². The molecule has 1 aromatic heterocycles. The van der Waals surface area contributed by atoms with Gasteiger partial charge in [-0.3, -0.25) is 4.79 Å². The number of nitrogens with zero attached hydrogens (tertiary/aromatic N) is 2.